The lowest BCUT2D eigenvalue weighted by Gasteiger charge is -2.23. The maximum atomic E-state index is 13.2. The Morgan fingerprint density at radius 1 is 0.970 bits per heavy atom. The van der Waals surface area contributed by atoms with Crippen molar-refractivity contribution >= 4 is 21.6 Å². The van der Waals surface area contributed by atoms with Crippen LogP contribution in [-0.2, 0) is 16.6 Å². The van der Waals surface area contributed by atoms with Crippen molar-refractivity contribution < 1.29 is 22.7 Å². The van der Waals surface area contributed by atoms with Gasteiger partial charge in [-0.1, -0.05) is 29.8 Å². The lowest BCUT2D eigenvalue weighted by atomic mass is 10.1. The Kier molecular flexibility index (Phi) is 6.55. The normalized spacial score (nSPS) is 12.8. The summed E-state index contributed by atoms with van der Waals surface area (Å²) in [6.45, 7) is 5.65. The first-order valence-corrected chi connectivity index (χ1v) is 12.2. The van der Waals surface area contributed by atoms with Crippen molar-refractivity contribution in [1.82, 2.24) is 4.90 Å². The van der Waals surface area contributed by atoms with E-state index in [1.54, 1.807) is 29.2 Å². The molecule has 0 unspecified atom stereocenters. The number of hydrogen-bond donors (Lipinski definition) is 1. The Bertz CT molecular complexity index is 1260. The summed E-state index contributed by atoms with van der Waals surface area (Å²) in [6, 6.07) is 18.8. The van der Waals surface area contributed by atoms with E-state index in [2.05, 4.69) is 4.72 Å². The minimum atomic E-state index is -3.83. The minimum absolute atomic E-state index is 0.0318. The molecule has 7 nitrogen and oxygen atoms in total. The van der Waals surface area contributed by atoms with E-state index < -0.39 is 10.0 Å². The molecule has 172 valence electrons. The predicted molar refractivity (Wildman–Crippen MR) is 126 cm³/mol. The number of carbonyl (C=O) groups excluding carboxylic acids is 1. The number of fused-ring (bicyclic) bond motifs is 1. The molecule has 1 amide bonds. The van der Waals surface area contributed by atoms with Crippen LogP contribution in [0.4, 0.5) is 5.69 Å². The standard InChI is InChI=1S/C25H26N2O5S/c1-3-27(17-19-9-12-23-24(15-19)32-14-13-31-23)25(28)20-5-4-6-22(16-20)33(29,30)26-21-10-7-18(2)8-11-21/h4-12,15-16,26H,3,13-14,17H2,1-2H3. The Hall–Kier alpha value is -3.52. The number of benzene rings is 3. The second-order valence-electron chi connectivity index (χ2n) is 7.80. The molecule has 0 fully saturated rings. The molecular weight excluding hydrogens is 440 g/mol. The number of carbonyl (C=O) groups is 1. The fourth-order valence-electron chi connectivity index (χ4n) is 3.55. The number of anilines is 1. The smallest absolute Gasteiger partial charge is 0.261 e. The molecule has 3 aromatic carbocycles. The molecule has 0 bridgehead atoms. The molecule has 0 spiro atoms. The maximum Gasteiger partial charge on any atom is 0.261 e. The zero-order valence-electron chi connectivity index (χ0n) is 18.6. The summed E-state index contributed by atoms with van der Waals surface area (Å²) in [5, 5.41) is 0. The van der Waals surface area contributed by atoms with E-state index in [1.165, 1.54) is 12.1 Å². The van der Waals surface area contributed by atoms with Gasteiger partial charge in [0.25, 0.3) is 15.9 Å². The van der Waals surface area contributed by atoms with Crippen molar-refractivity contribution in [1.29, 1.82) is 0 Å². The molecular formula is C25H26N2O5S. The third-order valence-electron chi connectivity index (χ3n) is 5.34. The van der Waals surface area contributed by atoms with Crippen LogP contribution in [0.15, 0.2) is 71.6 Å². The lowest BCUT2D eigenvalue weighted by molar-refractivity contribution is 0.0752. The Morgan fingerprint density at radius 3 is 2.42 bits per heavy atom. The molecule has 1 heterocycles. The van der Waals surface area contributed by atoms with Crippen LogP contribution in [0.1, 0.15) is 28.4 Å². The van der Waals surface area contributed by atoms with E-state index in [0.29, 0.717) is 49.1 Å². The molecule has 1 N–H and O–H groups in total. The summed E-state index contributed by atoms with van der Waals surface area (Å²) in [5.74, 6) is 1.11. The number of amides is 1. The number of hydrogen-bond acceptors (Lipinski definition) is 5. The quantitative estimate of drug-likeness (QED) is 0.563. The first kappa shape index (κ1) is 22.7. The van der Waals surface area contributed by atoms with Gasteiger partial charge in [-0.15, -0.1) is 0 Å². The third kappa shape index (κ3) is 5.28. The molecule has 3 aromatic rings. The van der Waals surface area contributed by atoms with Gasteiger partial charge in [0.05, 0.1) is 4.90 Å². The average molecular weight is 467 g/mol. The van der Waals surface area contributed by atoms with Crippen LogP contribution in [0.2, 0.25) is 0 Å². The second kappa shape index (κ2) is 9.54. The van der Waals surface area contributed by atoms with Crippen LogP contribution in [0.3, 0.4) is 0 Å². The van der Waals surface area contributed by atoms with Crippen LogP contribution in [-0.4, -0.2) is 39.0 Å². The van der Waals surface area contributed by atoms with Crippen LogP contribution in [0.5, 0.6) is 11.5 Å². The number of nitrogens with zero attached hydrogens (tertiary/aromatic N) is 1. The molecule has 33 heavy (non-hydrogen) atoms. The number of ether oxygens (including phenoxy) is 2. The lowest BCUT2D eigenvalue weighted by Crippen LogP contribution is -2.30. The zero-order valence-corrected chi connectivity index (χ0v) is 19.4. The van der Waals surface area contributed by atoms with Crippen molar-refractivity contribution in [2.45, 2.75) is 25.3 Å². The Morgan fingerprint density at radius 2 is 1.70 bits per heavy atom. The van der Waals surface area contributed by atoms with Gasteiger partial charge < -0.3 is 14.4 Å². The predicted octanol–water partition coefficient (Wildman–Crippen LogP) is 4.23. The maximum absolute atomic E-state index is 13.2. The summed E-state index contributed by atoms with van der Waals surface area (Å²) in [4.78, 5) is 14.9. The largest absolute Gasteiger partial charge is 0.486 e. The van der Waals surface area contributed by atoms with Crippen LogP contribution in [0.25, 0.3) is 0 Å². The molecule has 0 saturated carbocycles. The molecule has 1 aliphatic heterocycles. The molecule has 0 aliphatic carbocycles. The molecule has 1 aliphatic rings. The average Bonchev–Trinajstić information content (AvgIpc) is 2.83. The van der Waals surface area contributed by atoms with Gasteiger partial charge in [-0.25, -0.2) is 8.42 Å². The van der Waals surface area contributed by atoms with Gasteiger partial charge >= 0.3 is 0 Å². The van der Waals surface area contributed by atoms with Crippen molar-refractivity contribution in [2.24, 2.45) is 0 Å². The highest BCUT2D eigenvalue weighted by molar-refractivity contribution is 7.92. The zero-order chi connectivity index (χ0) is 23.4. The Balaban J connectivity index is 1.52. The summed E-state index contributed by atoms with van der Waals surface area (Å²) < 4.78 is 39.5. The fourth-order valence-corrected chi connectivity index (χ4v) is 4.65. The third-order valence-corrected chi connectivity index (χ3v) is 6.72. The fraction of sp³-hybridized carbons (Fsp3) is 0.240. The highest BCUT2D eigenvalue weighted by atomic mass is 32.2. The first-order valence-electron chi connectivity index (χ1n) is 10.7. The van der Waals surface area contributed by atoms with E-state index >= 15 is 0 Å². The summed E-state index contributed by atoms with van der Waals surface area (Å²) >= 11 is 0. The van der Waals surface area contributed by atoms with Gasteiger partial charge in [0.2, 0.25) is 0 Å². The van der Waals surface area contributed by atoms with Crippen LogP contribution < -0.4 is 14.2 Å². The van der Waals surface area contributed by atoms with E-state index in [0.717, 1.165) is 11.1 Å². The summed E-state index contributed by atoms with van der Waals surface area (Å²) in [7, 11) is -3.83. The molecule has 0 atom stereocenters. The van der Waals surface area contributed by atoms with Crippen LogP contribution in [0, 0.1) is 6.92 Å². The SMILES string of the molecule is CCN(Cc1ccc2c(c1)OCCO2)C(=O)c1cccc(S(=O)(=O)Nc2ccc(C)cc2)c1. The van der Waals surface area contributed by atoms with Crippen LogP contribution >= 0.6 is 0 Å². The van der Waals surface area contributed by atoms with Gasteiger partial charge in [-0.2, -0.15) is 0 Å². The minimum Gasteiger partial charge on any atom is -0.486 e. The van der Waals surface area contributed by atoms with Crippen molar-refractivity contribution in [3.63, 3.8) is 0 Å². The van der Waals surface area contributed by atoms with Crippen molar-refractivity contribution in [3.8, 4) is 11.5 Å². The van der Waals surface area contributed by atoms with Crippen molar-refractivity contribution in [3.05, 3.63) is 83.4 Å². The molecule has 0 saturated heterocycles. The number of rotatable bonds is 7. The topological polar surface area (TPSA) is 84.9 Å². The second-order valence-corrected chi connectivity index (χ2v) is 9.48. The first-order chi connectivity index (χ1) is 15.9. The number of nitrogens with one attached hydrogen (secondary N) is 1. The van der Waals surface area contributed by atoms with Gasteiger partial charge in [0.15, 0.2) is 11.5 Å². The number of aryl methyl sites for hydroxylation is 1. The van der Waals surface area contributed by atoms with E-state index in [-0.39, 0.29) is 10.8 Å². The van der Waals surface area contributed by atoms with Gasteiger partial charge in [-0.05, 0) is 61.9 Å². The summed E-state index contributed by atoms with van der Waals surface area (Å²) in [6.07, 6.45) is 0. The van der Waals surface area contributed by atoms with Gasteiger partial charge in [0.1, 0.15) is 13.2 Å². The van der Waals surface area contributed by atoms with E-state index in [1.807, 2.05) is 44.2 Å². The van der Waals surface area contributed by atoms with Gasteiger partial charge in [0, 0.05) is 24.3 Å². The van der Waals surface area contributed by atoms with Crippen molar-refractivity contribution in [2.75, 3.05) is 24.5 Å². The highest BCUT2D eigenvalue weighted by Crippen LogP contribution is 2.31. The van der Waals surface area contributed by atoms with Gasteiger partial charge in [-0.3, -0.25) is 9.52 Å². The highest BCUT2D eigenvalue weighted by Gasteiger charge is 2.20. The van der Waals surface area contributed by atoms with E-state index in [9.17, 15) is 13.2 Å². The Labute approximate surface area is 194 Å². The number of sulfonamides is 1. The molecule has 0 radical (unpaired) electrons. The monoisotopic (exact) mass is 466 g/mol. The summed E-state index contributed by atoms with van der Waals surface area (Å²) in [5.41, 5.74) is 2.70. The molecule has 4 rings (SSSR count). The van der Waals surface area contributed by atoms with E-state index in [4.69, 9.17) is 9.47 Å². The molecule has 8 heteroatoms. The molecule has 0 aromatic heterocycles.